The van der Waals surface area contributed by atoms with E-state index in [1.165, 1.54) is 12.1 Å². The van der Waals surface area contributed by atoms with Gasteiger partial charge in [-0.05, 0) is 22.8 Å². The average molecular weight is 295 g/mol. The fourth-order valence-electron chi connectivity index (χ4n) is 1.83. The Hall–Kier alpha value is -3.13. The molecule has 2 N–H and O–H groups in total. The summed E-state index contributed by atoms with van der Waals surface area (Å²) >= 11 is 0. The number of fused-ring (bicyclic) bond motifs is 1. The van der Waals surface area contributed by atoms with E-state index in [-0.39, 0.29) is 22.2 Å². The van der Waals surface area contributed by atoms with Crippen LogP contribution in [0.5, 0.6) is 5.75 Å². The fourth-order valence-corrected chi connectivity index (χ4v) is 1.83. The summed E-state index contributed by atoms with van der Waals surface area (Å²) in [5.41, 5.74) is 13.4. The largest absolute Gasteiger partial charge is 0.435 e. The second kappa shape index (κ2) is 5.47. The maximum Gasteiger partial charge on any atom is 0.387 e. The Kier molecular flexibility index (Phi) is 3.72. The van der Waals surface area contributed by atoms with Crippen molar-refractivity contribution in [2.24, 2.45) is 10.8 Å². The van der Waals surface area contributed by atoms with Gasteiger partial charge in [-0.2, -0.15) is 8.78 Å². The molecule has 2 rings (SSSR count). The van der Waals surface area contributed by atoms with Gasteiger partial charge in [-0.15, -0.1) is 0 Å². The molecule has 1 heterocycles. The van der Waals surface area contributed by atoms with Crippen molar-refractivity contribution in [2.45, 2.75) is 6.61 Å². The van der Waals surface area contributed by atoms with Crippen molar-refractivity contribution < 1.29 is 23.1 Å². The van der Waals surface area contributed by atoms with Gasteiger partial charge in [0, 0.05) is 22.6 Å². The van der Waals surface area contributed by atoms with Crippen LogP contribution in [0.4, 0.5) is 13.6 Å². The van der Waals surface area contributed by atoms with Crippen LogP contribution in [-0.4, -0.2) is 23.1 Å². The fraction of sp³-hybridized carbons (Fsp3) is 0.0909. The molecule has 0 unspecified atom stereocenters. The van der Waals surface area contributed by atoms with Gasteiger partial charge in [0.1, 0.15) is 5.75 Å². The number of amides is 2. The number of azide groups is 1. The summed E-state index contributed by atoms with van der Waals surface area (Å²) in [5.74, 6) is -1.13. The Balaban J connectivity index is 2.66. The van der Waals surface area contributed by atoms with E-state index in [1.807, 2.05) is 0 Å². The first-order valence-corrected chi connectivity index (χ1v) is 5.43. The second-order valence-electron chi connectivity index (χ2n) is 3.80. The third kappa shape index (κ3) is 2.74. The molecular weight excluding hydrogens is 288 g/mol. The molecule has 0 spiro atoms. The van der Waals surface area contributed by atoms with Crippen LogP contribution in [0.2, 0.25) is 0 Å². The van der Waals surface area contributed by atoms with Gasteiger partial charge >= 0.3 is 12.6 Å². The molecule has 2 amide bonds. The van der Waals surface area contributed by atoms with Crippen molar-refractivity contribution in [2.75, 3.05) is 0 Å². The summed E-state index contributed by atoms with van der Waals surface area (Å²) in [5, 5.41) is 3.13. The van der Waals surface area contributed by atoms with Gasteiger partial charge in [0.25, 0.3) is 5.91 Å². The molecule has 10 heteroatoms. The molecule has 2 aromatic rings. The number of primary amides is 1. The summed E-state index contributed by atoms with van der Waals surface area (Å²) in [6.45, 7) is -3.04. The summed E-state index contributed by atoms with van der Waals surface area (Å²) in [7, 11) is 0. The molecule has 0 bridgehead atoms. The van der Waals surface area contributed by atoms with Gasteiger partial charge in [-0.1, -0.05) is 0 Å². The van der Waals surface area contributed by atoms with Gasteiger partial charge in [0.15, 0.2) is 0 Å². The summed E-state index contributed by atoms with van der Waals surface area (Å²) < 4.78 is 29.4. The maximum absolute atomic E-state index is 12.2. The van der Waals surface area contributed by atoms with Crippen molar-refractivity contribution in [3.63, 3.8) is 0 Å². The minimum atomic E-state index is -3.04. The zero-order chi connectivity index (χ0) is 15.6. The first-order chi connectivity index (χ1) is 9.93. The lowest BCUT2D eigenvalue weighted by Gasteiger charge is -2.05. The number of nitrogens with two attached hydrogens (primary N) is 1. The number of ether oxygens (including phenoxy) is 1. The van der Waals surface area contributed by atoms with E-state index in [9.17, 15) is 18.4 Å². The molecule has 0 radical (unpaired) electrons. The number of aromatic nitrogens is 1. The monoisotopic (exact) mass is 295 g/mol. The zero-order valence-electron chi connectivity index (χ0n) is 10.2. The van der Waals surface area contributed by atoms with Gasteiger partial charge in [0.05, 0.1) is 11.1 Å². The zero-order valence-corrected chi connectivity index (χ0v) is 10.2. The van der Waals surface area contributed by atoms with Gasteiger partial charge in [-0.25, -0.2) is 4.79 Å². The highest BCUT2D eigenvalue weighted by molar-refractivity contribution is 6.09. The molecule has 0 fully saturated rings. The van der Waals surface area contributed by atoms with Gasteiger partial charge < -0.3 is 10.5 Å². The average Bonchev–Trinajstić information content (AvgIpc) is 2.77. The van der Waals surface area contributed by atoms with Crippen molar-refractivity contribution in [3.8, 4) is 5.75 Å². The van der Waals surface area contributed by atoms with E-state index < -0.39 is 18.5 Å². The molecule has 0 aliphatic carbocycles. The topological polar surface area (TPSA) is 123 Å². The number of halogens is 2. The van der Waals surface area contributed by atoms with Crippen LogP contribution in [0.25, 0.3) is 21.3 Å². The molecule has 8 nitrogen and oxygen atoms in total. The number of hydrogen-bond donors (Lipinski definition) is 1. The van der Waals surface area contributed by atoms with E-state index in [0.717, 1.165) is 16.8 Å². The van der Waals surface area contributed by atoms with E-state index >= 15 is 0 Å². The molecular formula is C11H7F2N5O3. The van der Waals surface area contributed by atoms with Gasteiger partial charge in [0.2, 0.25) is 0 Å². The van der Waals surface area contributed by atoms with Crippen LogP contribution in [-0.2, 0) is 0 Å². The molecule has 108 valence electrons. The Morgan fingerprint density at radius 2 is 2.14 bits per heavy atom. The molecule has 0 atom stereocenters. The van der Waals surface area contributed by atoms with Crippen molar-refractivity contribution in [3.05, 3.63) is 40.4 Å². The molecule has 21 heavy (non-hydrogen) atoms. The Morgan fingerprint density at radius 1 is 1.43 bits per heavy atom. The van der Waals surface area contributed by atoms with Crippen molar-refractivity contribution >= 4 is 22.8 Å². The summed E-state index contributed by atoms with van der Waals surface area (Å²) in [4.78, 5) is 25.3. The Bertz CT molecular complexity index is 780. The molecule has 1 aromatic heterocycles. The number of carbonyl (C=O) groups excluding carboxylic acids is 2. The molecule has 1 aromatic carbocycles. The molecule has 0 saturated carbocycles. The quantitative estimate of drug-likeness (QED) is 0.531. The van der Waals surface area contributed by atoms with Gasteiger partial charge in [-0.3, -0.25) is 9.36 Å². The minimum Gasteiger partial charge on any atom is -0.435 e. The van der Waals surface area contributed by atoms with Crippen molar-refractivity contribution in [1.82, 2.24) is 4.57 Å². The highest BCUT2D eigenvalue weighted by atomic mass is 19.3. The van der Waals surface area contributed by atoms with Crippen LogP contribution in [0.1, 0.15) is 10.4 Å². The summed E-state index contributed by atoms with van der Waals surface area (Å²) in [6.07, 6.45) is 1.07. The van der Waals surface area contributed by atoms with Crippen LogP contribution in [0.15, 0.2) is 29.5 Å². The van der Waals surface area contributed by atoms with E-state index in [1.54, 1.807) is 0 Å². The maximum atomic E-state index is 12.2. The Labute approximate surface area is 115 Å². The number of nitrogens with zero attached hydrogens (tertiary/aromatic N) is 4. The smallest absolute Gasteiger partial charge is 0.387 e. The van der Waals surface area contributed by atoms with Crippen LogP contribution < -0.4 is 10.5 Å². The third-order valence-corrected chi connectivity index (χ3v) is 2.61. The van der Waals surface area contributed by atoms with Crippen LogP contribution in [0.3, 0.4) is 0 Å². The standard InChI is InChI=1S/C11H7F2N5O3/c12-10(13)21-5-1-2-6-7(9(19)16-17-15)4-18(11(14)20)8(6)3-5/h1-4,10H,(H2,14,20). The number of hydrogen-bond acceptors (Lipinski definition) is 3. The number of carbonyl (C=O) groups is 2. The number of rotatable bonds is 3. The lowest BCUT2D eigenvalue weighted by atomic mass is 10.1. The van der Waals surface area contributed by atoms with E-state index in [2.05, 4.69) is 14.8 Å². The molecule has 0 aliphatic heterocycles. The van der Waals surface area contributed by atoms with Crippen LogP contribution >= 0.6 is 0 Å². The van der Waals surface area contributed by atoms with Crippen LogP contribution in [0, 0.1) is 0 Å². The number of alkyl halides is 2. The normalized spacial score (nSPS) is 10.4. The lowest BCUT2D eigenvalue weighted by Crippen LogP contribution is -2.18. The van der Waals surface area contributed by atoms with Crippen molar-refractivity contribution in [1.29, 1.82) is 0 Å². The Morgan fingerprint density at radius 3 is 2.71 bits per heavy atom. The summed E-state index contributed by atoms with van der Waals surface area (Å²) in [6, 6.07) is 2.66. The second-order valence-corrected chi connectivity index (χ2v) is 3.80. The lowest BCUT2D eigenvalue weighted by molar-refractivity contribution is -0.0497. The first-order valence-electron chi connectivity index (χ1n) is 5.43. The highest BCUT2D eigenvalue weighted by Crippen LogP contribution is 2.27. The molecule has 0 aliphatic rings. The first kappa shape index (κ1) is 14.3. The SMILES string of the molecule is [N-]=[N+]=NC(=O)c1cn(C(N)=O)c2cc(OC(F)F)ccc12. The predicted molar refractivity (Wildman–Crippen MR) is 67.0 cm³/mol. The minimum absolute atomic E-state index is 0.0785. The predicted octanol–water partition coefficient (Wildman–Crippen LogP) is 2.62. The molecule has 0 saturated heterocycles. The third-order valence-electron chi connectivity index (χ3n) is 2.61. The highest BCUT2D eigenvalue weighted by Gasteiger charge is 2.17. The van der Waals surface area contributed by atoms with E-state index in [0.29, 0.717) is 0 Å². The number of benzene rings is 1. The van der Waals surface area contributed by atoms with E-state index in [4.69, 9.17) is 11.3 Å².